The minimum Gasteiger partial charge on any atom is -0.506 e. The molecule has 20 heavy (non-hydrogen) atoms. The molecule has 110 valence electrons. The second-order valence-electron chi connectivity index (χ2n) is 5.14. The summed E-state index contributed by atoms with van der Waals surface area (Å²) in [5, 5.41) is 19.0. The lowest BCUT2D eigenvalue weighted by molar-refractivity contribution is -0.143. The summed E-state index contributed by atoms with van der Waals surface area (Å²) in [5.74, 6) is -3.02. The van der Waals surface area contributed by atoms with Crippen LogP contribution in [0.25, 0.3) is 0 Å². The van der Waals surface area contributed by atoms with Crippen molar-refractivity contribution >= 4 is 15.8 Å². The van der Waals surface area contributed by atoms with E-state index in [4.69, 9.17) is 0 Å². The van der Waals surface area contributed by atoms with E-state index in [2.05, 4.69) is 0 Å². The van der Waals surface area contributed by atoms with E-state index in [0.29, 0.717) is 12.8 Å². The molecule has 0 spiro atoms. The van der Waals surface area contributed by atoms with Gasteiger partial charge in [0.25, 0.3) is 0 Å². The predicted octanol–water partition coefficient (Wildman–Crippen LogP) is 1.83. The third kappa shape index (κ3) is 2.15. The standard InChI is InChI=1S/C13H15FO5S/c1-20(18,19)11-9(15)5-4-8(10(11)14)13(12(16)17)6-2-3-7-13/h4-5,15H,2-3,6-7H2,1H3,(H,16,17). The van der Waals surface area contributed by atoms with Gasteiger partial charge >= 0.3 is 5.97 Å². The number of rotatable bonds is 3. The van der Waals surface area contributed by atoms with Gasteiger partial charge < -0.3 is 10.2 Å². The first kappa shape index (κ1) is 14.8. The van der Waals surface area contributed by atoms with E-state index >= 15 is 0 Å². The van der Waals surface area contributed by atoms with Crippen LogP contribution >= 0.6 is 0 Å². The van der Waals surface area contributed by atoms with Crippen LogP contribution in [0.1, 0.15) is 31.2 Å². The summed E-state index contributed by atoms with van der Waals surface area (Å²) in [6.45, 7) is 0. The number of carboxylic acid groups (broad SMARTS) is 1. The molecule has 0 saturated heterocycles. The van der Waals surface area contributed by atoms with Crippen LogP contribution in [-0.2, 0) is 20.0 Å². The molecule has 2 N–H and O–H groups in total. The van der Waals surface area contributed by atoms with Crippen molar-refractivity contribution < 1.29 is 27.8 Å². The molecule has 0 aliphatic heterocycles. The zero-order valence-corrected chi connectivity index (χ0v) is 11.7. The molecular formula is C13H15FO5S. The van der Waals surface area contributed by atoms with Gasteiger partial charge in [0.2, 0.25) is 0 Å². The van der Waals surface area contributed by atoms with E-state index in [1.54, 1.807) is 0 Å². The lowest BCUT2D eigenvalue weighted by atomic mass is 9.78. The SMILES string of the molecule is CS(=O)(=O)c1c(O)ccc(C2(C(=O)O)CCCC2)c1F. The zero-order chi connectivity index (χ0) is 15.1. The summed E-state index contributed by atoms with van der Waals surface area (Å²) in [7, 11) is -3.99. The third-order valence-corrected chi connectivity index (χ3v) is 4.96. The van der Waals surface area contributed by atoms with Crippen LogP contribution in [0.2, 0.25) is 0 Å². The van der Waals surface area contributed by atoms with E-state index in [1.807, 2.05) is 0 Å². The van der Waals surface area contributed by atoms with Crippen molar-refractivity contribution in [1.29, 1.82) is 0 Å². The lowest BCUT2D eigenvalue weighted by Crippen LogP contribution is -2.34. The van der Waals surface area contributed by atoms with Crippen LogP contribution in [0.5, 0.6) is 5.75 Å². The predicted molar refractivity (Wildman–Crippen MR) is 69.0 cm³/mol. The average Bonchev–Trinajstić information content (AvgIpc) is 2.77. The van der Waals surface area contributed by atoms with Gasteiger partial charge in [-0.1, -0.05) is 18.9 Å². The van der Waals surface area contributed by atoms with Gasteiger partial charge in [-0.05, 0) is 18.9 Å². The fraction of sp³-hybridized carbons (Fsp3) is 0.462. The summed E-state index contributed by atoms with van der Waals surface area (Å²) >= 11 is 0. The van der Waals surface area contributed by atoms with Crippen LogP contribution < -0.4 is 0 Å². The Labute approximate surface area is 116 Å². The van der Waals surface area contributed by atoms with Gasteiger partial charge in [-0.2, -0.15) is 0 Å². The fourth-order valence-corrected chi connectivity index (χ4v) is 3.73. The minimum absolute atomic E-state index is 0.166. The molecule has 1 aromatic rings. The maximum absolute atomic E-state index is 14.5. The first-order chi connectivity index (χ1) is 9.20. The second-order valence-corrected chi connectivity index (χ2v) is 7.09. The Morgan fingerprint density at radius 3 is 2.30 bits per heavy atom. The van der Waals surface area contributed by atoms with Crippen LogP contribution in [0.3, 0.4) is 0 Å². The van der Waals surface area contributed by atoms with Gasteiger partial charge in [0.05, 0.1) is 5.41 Å². The molecule has 0 heterocycles. The maximum Gasteiger partial charge on any atom is 0.314 e. The molecule has 1 aromatic carbocycles. The monoisotopic (exact) mass is 302 g/mol. The molecule has 0 atom stereocenters. The zero-order valence-electron chi connectivity index (χ0n) is 10.9. The van der Waals surface area contributed by atoms with Gasteiger partial charge in [-0.15, -0.1) is 0 Å². The number of phenols is 1. The van der Waals surface area contributed by atoms with Crippen LogP contribution in [0.15, 0.2) is 17.0 Å². The number of carbonyl (C=O) groups is 1. The number of carboxylic acids is 1. The summed E-state index contributed by atoms with van der Waals surface area (Å²) in [6, 6.07) is 2.20. The molecule has 1 aliphatic carbocycles. The fourth-order valence-electron chi connectivity index (χ4n) is 2.85. The second kappa shape index (κ2) is 4.73. The normalized spacial score (nSPS) is 18.1. The number of benzene rings is 1. The summed E-state index contributed by atoms with van der Waals surface area (Å²) in [6.07, 6.45) is 2.57. The van der Waals surface area contributed by atoms with Crippen molar-refractivity contribution in [2.75, 3.05) is 6.26 Å². The Balaban J connectivity index is 2.74. The number of sulfone groups is 1. The highest BCUT2D eigenvalue weighted by molar-refractivity contribution is 7.90. The van der Waals surface area contributed by atoms with E-state index in [1.165, 1.54) is 6.07 Å². The highest BCUT2D eigenvalue weighted by Gasteiger charge is 2.45. The number of aliphatic carboxylic acids is 1. The summed E-state index contributed by atoms with van der Waals surface area (Å²) in [4.78, 5) is 10.7. The van der Waals surface area contributed by atoms with E-state index in [0.717, 1.165) is 12.3 Å². The van der Waals surface area contributed by atoms with Gasteiger partial charge in [-0.25, -0.2) is 12.8 Å². The van der Waals surface area contributed by atoms with Gasteiger partial charge in [0.1, 0.15) is 16.5 Å². The molecular weight excluding hydrogens is 287 g/mol. The molecule has 1 aliphatic rings. The maximum atomic E-state index is 14.5. The Kier molecular flexibility index (Phi) is 3.49. The smallest absolute Gasteiger partial charge is 0.314 e. The molecule has 1 saturated carbocycles. The molecule has 5 nitrogen and oxygen atoms in total. The highest BCUT2D eigenvalue weighted by atomic mass is 32.2. The molecule has 0 aromatic heterocycles. The lowest BCUT2D eigenvalue weighted by Gasteiger charge is -2.25. The van der Waals surface area contributed by atoms with Crippen LogP contribution in [-0.4, -0.2) is 30.9 Å². The number of aromatic hydroxyl groups is 1. The number of hydrogen-bond acceptors (Lipinski definition) is 4. The largest absolute Gasteiger partial charge is 0.506 e. The first-order valence-corrected chi connectivity index (χ1v) is 8.05. The number of phenolic OH excluding ortho intramolecular Hbond substituents is 1. The molecule has 2 rings (SSSR count). The van der Waals surface area contributed by atoms with Gasteiger partial charge in [0, 0.05) is 11.8 Å². The van der Waals surface area contributed by atoms with Crippen molar-refractivity contribution in [3.05, 3.63) is 23.5 Å². The summed E-state index contributed by atoms with van der Waals surface area (Å²) < 4.78 is 37.6. The van der Waals surface area contributed by atoms with Crippen molar-refractivity contribution in [3.63, 3.8) is 0 Å². The molecule has 0 radical (unpaired) electrons. The Morgan fingerprint density at radius 1 is 1.30 bits per heavy atom. The molecule has 7 heteroatoms. The van der Waals surface area contributed by atoms with Gasteiger partial charge in [0.15, 0.2) is 9.84 Å². The molecule has 1 fully saturated rings. The van der Waals surface area contributed by atoms with Crippen LogP contribution in [0.4, 0.5) is 4.39 Å². The van der Waals surface area contributed by atoms with Crippen molar-refractivity contribution in [2.45, 2.75) is 36.0 Å². The van der Waals surface area contributed by atoms with E-state index < -0.39 is 37.7 Å². The van der Waals surface area contributed by atoms with E-state index in [-0.39, 0.29) is 18.4 Å². The number of hydrogen-bond donors (Lipinski definition) is 2. The quantitative estimate of drug-likeness (QED) is 0.888. The average molecular weight is 302 g/mol. The van der Waals surface area contributed by atoms with Crippen LogP contribution in [0, 0.1) is 5.82 Å². The first-order valence-electron chi connectivity index (χ1n) is 6.15. The van der Waals surface area contributed by atoms with Gasteiger partial charge in [-0.3, -0.25) is 4.79 Å². The molecule has 0 unspecified atom stereocenters. The minimum atomic E-state index is -3.99. The third-order valence-electron chi connectivity index (χ3n) is 3.83. The topological polar surface area (TPSA) is 91.7 Å². The van der Waals surface area contributed by atoms with E-state index in [9.17, 15) is 27.8 Å². The molecule has 0 amide bonds. The Hall–Kier alpha value is -1.63. The Morgan fingerprint density at radius 2 is 1.85 bits per heavy atom. The molecule has 0 bridgehead atoms. The highest BCUT2D eigenvalue weighted by Crippen LogP contribution is 2.44. The summed E-state index contributed by atoms with van der Waals surface area (Å²) in [5.41, 5.74) is -1.57. The van der Waals surface area contributed by atoms with Crippen molar-refractivity contribution in [2.24, 2.45) is 0 Å². The van der Waals surface area contributed by atoms with Crippen molar-refractivity contribution in [3.8, 4) is 5.75 Å². The Bertz CT molecular complexity index is 660. The van der Waals surface area contributed by atoms with Crippen molar-refractivity contribution in [1.82, 2.24) is 0 Å². The number of halogens is 1.